The van der Waals surface area contributed by atoms with Crippen molar-refractivity contribution in [3.63, 3.8) is 0 Å². The summed E-state index contributed by atoms with van der Waals surface area (Å²) in [7, 11) is 0. The zero-order valence-electron chi connectivity index (χ0n) is 21.5. The summed E-state index contributed by atoms with van der Waals surface area (Å²) < 4.78 is 9.75. The Bertz CT molecular complexity index is 1670. The van der Waals surface area contributed by atoms with Gasteiger partial charge in [0.2, 0.25) is 11.9 Å². The van der Waals surface area contributed by atoms with E-state index in [4.69, 9.17) is 4.42 Å². The number of nitrogens with zero attached hydrogens (tertiary/aromatic N) is 4. The number of benzene rings is 2. The maximum atomic E-state index is 5.80. The van der Waals surface area contributed by atoms with Gasteiger partial charge in [-0.1, -0.05) is 45.2 Å². The maximum Gasteiger partial charge on any atom is 0.493 e. The molecule has 0 unspecified atom stereocenters. The molecular formula is C31H28IrN4O. The summed E-state index contributed by atoms with van der Waals surface area (Å²) in [5.41, 5.74) is 8.16. The van der Waals surface area contributed by atoms with Crippen LogP contribution in [-0.2, 0) is 20.1 Å². The van der Waals surface area contributed by atoms with Crippen LogP contribution in [0.5, 0.6) is 0 Å². The first-order valence-electron chi connectivity index (χ1n) is 12.0. The minimum Gasteiger partial charge on any atom is -0.465 e. The van der Waals surface area contributed by atoms with Gasteiger partial charge in [0, 0.05) is 38.1 Å². The number of fused-ring (bicyclic) bond motifs is 3. The molecule has 37 heavy (non-hydrogen) atoms. The molecule has 6 heteroatoms. The number of aryl methyl sites for hydroxylation is 3. The van der Waals surface area contributed by atoms with Crippen LogP contribution in [0.4, 0.5) is 5.69 Å². The van der Waals surface area contributed by atoms with Crippen molar-refractivity contribution in [3.05, 3.63) is 102 Å². The Labute approximate surface area is 230 Å². The molecule has 4 heterocycles. The molecule has 1 aliphatic heterocycles. The number of hydrogen-bond donors (Lipinski definition) is 0. The Balaban J connectivity index is 0.000000178. The van der Waals surface area contributed by atoms with Gasteiger partial charge in [-0.2, -0.15) is 6.07 Å². The molecule has 0 atom stereocenters. The molecule has 5 aromatic rings. The molecule has 0 spiro atoms. The van der Waals surface area contributed by atoms with Gasteiger partial charge in [-0.05, 0) is 50.4 Å². The molecule has 0 saturated carbocycles. The third-order valence-electron chi connectivity index (χ3n) is 6.20. The van der Waals surface area contributed by atoms with Crippen LogP contribution in [0.2, 0.25) is 0 Å². The van der Waals surface area contributed by atoms with E-state index in [1.807, 2.05) is 58.1 Å². The molecule has 5 nitrogen and oxygen atoms in total. The van der Waals surface area contributed by atoms with Crippen LogP contribution in [0.1, 0.15) is 30.5 Å². The van der Waals surface area contributed by atoms with Gasteiger partial charge in [0.15, 0.2) is 6.04 Å². The number of furan rings is 1. The van der Waals surface area contributed by atoms with Gasteiger partial charge in [0.25, 0.3) is 6.20 Å². The van der Waals surface area contributed by atoms with E-state index in [0.717, 1.165) is 33.3 Å². The van der Waals surface area contributed by atoms with E-state index < -0.39 is 0 Å². The molecule has 187 valence electrons. The van der Waals surface area contributed by atoms with E-state index >= 15 is 0 Å². The van der Waals surface area contributed by atoms with Crippen LogP contribution in [0.15, 0.2) is 77.7 Å². The maximum absolute atomic E-state index is 5.80. The standard InChI is InChI=1S/C17H14N3O.C14H14N.Ir/c1-12(2)19-8-9-20(11-19)13-5-6-14-15-4-3-7-18-17(15)21-16(14)10-13;1-10-4-6-13(7-5-10)14-8-11(2)12(3)9-15-14;/h3-4,6-10,12H,1-2H3;4-6,8-9H,1-3H3;/q+1;-1;. The van der Waals surface area contributed by atoms with Gasteiger partial charge in [0.1, 0.15) is 5.69 Å². The van der Waals surface area contributed by atoms with Crippen molar-refractivity contribution in [3.8, 4) is 11.3 Å². The van der Waals surface area contributed by atoms with E-state index in [1.54, 1.807) is 6.20 Å². The monoisotopic (exact) mass is 665 g/mol. The molecule has 3 aromatic heterocycles. The van der Waals surface area contributed by atoms with Crippen molar-refractivity contribution >= 4 is 33.8 Å². The molecule has 0 N–H and O–H groups in total. The smallest absolute Gasteiger partial charge is 0.465 e. The number of pyridine rings is 2. The average molecular weight is 665 g/mol. The molecule has 1 aliphatic rings. The van der Waals surface area contributed by atoms with E-state index in [-0.39, 0.29) is 20.1 Å². The number of hydrogen-bond acceptors (Lipinski definition) is 3. The summed E-state index contributed by atoms with van der Waals surface area (Å²) in [6.07, 6.45) is 7.63. The summed E-state index contributed by atoms with van der Waals surface area (Å²) in [4.78, 5) is 8.66. The zero-order valence-corrected chi connectivity index (χ0v) is 23.9. The summed E-state index contributed by atoms with van der Waals surface area (Å²) in [6, 6.07) is 26.3. The van der Waals surface area contributed by atoms with E-state index in [0.29, 0.717) is 11.8 Å². The molecule has 0 fully saturated rings. The summed E-state index contributed by atoms with van der Waals surface area (Å²) in [5.74, 6) is 0. The molecule has 6 rings (SSSR count). The van der Waals surface area contributed by atoms with Crippen LogP contribution < -0.4 is 0 Å². The Morgan fingerprint density at radius 2 is 1.76 bits per heavy atom. The summed E-state index contributed by atoms with van der Waals surface area (Å²) in [6.45, 7) is 10.5. The molecule has 0 bridgehead atoms. The molecular weight excluding hydrogens is 637 g/mol. The number of rotatable bonds is 3. The first-order valence-corrected chi connectivity index (χ1v) is 12.0. The van der Waals surface area contributed by atoms with Gasteiger partial charge in [-0.15, -0.1) is 41.5 Å². The predicted octanol–water partition coefficient (Wildman–Crippen LogP) is 6.98. The first-order chi connectivity index (χ1) is 17.4. The second-order valence-electron chi connectivity index (χ2n) is 9.26. The quantitative estimate of drug-likeness (QED) is 0.155. The van der Waals surface area contributed by atoms with Crippen LogP contribution in [0.25, 0.3) is 33.3 Å². The molecule has 0 saturated heterocycles. The van der Waals surface area contributed by atoms with Gasteiger partial charge < -0.3 is 9.40 Å². The molecule has 1 radical (unpaired) electrons. The minimum atomic E-state index is 0. The van der Waals surface area contributed by atoms with Crippen LogP contribution in [0.3, 0.4) is 0 Å². The fourth-order valence-electron chi connectivity index (χ4n) is 3.86. The van der Waals surface area contributed by atoms with Crippen molar-refractivity contribution in [2.45, 2.75) is 40.7 Å². The van der Waals surface area contributed by atoms with Crippen molar-refractivity contribution in [1.82, 2.24) is 9.97 Å². The third-order valence-corrected chi connectivity index (χ3v) is 6.20. The fraction of sp³-hybridized carbons (Fsp3) is 0.194. The molecule has 0 aliphatic carbocycles. The zero-order chi connectivity index (χ0) is 25.2. The van der Waals surface area contributed by atoms with Gasteiger partial charge >= 0.3 is 6.01 Å². The minimum absolute atomic E-state index is 0. The molecule has 0 amide bonds. The Morgan fingerprint density at radius 1 is 0.919 bits per heavy atom. The Morgan fingerprint density at radius 3 is 2.46 bits per heavy atom. The van der Waals surface area contributed by atoms with Gasteiger partial charge in [-0.3, -0.25) is 0 Å². The van der Waals surface area contributed by atoms with Crippen LogP contribution in [-0.4, -0.2) is 31.2 Å². The summed E-state index contributed by atoms with van der Waals surface area (Å²) >= 11 is 0. The Kier molecular flexibility index (Phi) is 7.94. The normalized spacial score (nSPS) is 12.3. The predicted molar refractivity (Wildman–Crippen MR) is 143 cm³/mol. The second-order valence-corrected chi connectivity index (χ2v) is 9.26. The molecule has 2 aromatic carbocycles. The van der Waals surface area contributed by atoms with Crippen molar-refractivity contribution < 1.29 is 33.7 Å². The number of aromatic nitrogens is 2. The Hall–Kier alpha value is -3.69. The third kappa shape index (κ3) is 5.68. The van der Waals surface area contributed by atoms with Crippen molar-refractivity contribution in [1.29, 1.82) is 0 Å². The van der Waals surface area contributed by atoms with Crippen molar-refractivity contribution in [2.24, 2.45) is 0 Å². The van der Waals surface area contributed by atoms with Gasteiger partial charge in [-0.25, -0.2) is 4.98 Å². The topological polar surface area (TPSA) is 44.9 Å². The van der Waals surface area contributed by atoms with Crippen molar-refractivity contribution in [2.75, 3.05) is 0 Å². The van der Waals surface area contributed by atoms with Crippen LogP contribution in [0, 0.1) is 32.9 Å². The van der Waals surface area contributed by atoms with E-state index in [9.17, 15) is 0 Å². The van der Waals surface area contributed by atoms with Crippen LogP contribution >= 0.6 is 0 Å². The first kappa shape index (κ1) is 26.4. The fourth-order valence-corrected chi connectivity index (χ4v) is 3.86. The average Bonchev–Trinajstić information content (AvgIpc) is 3.52. The van der Waals surface area contributed by atoms with E-state index in [2.05, 4.69) is 80.9 Å². The van der Waals surface area contributed by atoms with E-state index in [1.165, 1.54) is 16.7 Å². The second kappa shape index (κ2) is 11.1. The summed E-state index contributed by atoms with van der Waals surface area (Å²) in [5, 5.41) is 2.05. The SMILES string of the molecule is CC(C)[N+]1=C=[N+](c2[c-]cc3c(c2)oc2ncccc23)C=C1.Cc1c[c-]c(-c2cc(C)c(C)cn2)cc1.[Ir]. The largest absolute Gasteiger partial charge is 0.493 e. The van der Waals surface area contributed by atoms with Gasteiger partial charge in [0.05, 0.1) is 0 Å².